The molecule has 8 heteroatoms. The van der Waals surface area contributed by atoms with Gasteiger partial charge in [-0.25, -0.2) is 15.0 Å². The zero-order chi connectivity index (χ0) is 18.4. The third-order valence-corrected chi connectivity index (χ3v) is 5.59. The predicted molar refractivity (Wildman–Crippen MR) is 103 cm³/mol. The maximum Gasteiger partial charge on any atom is 0.165 e. The molecule has 142 valence electrons. The largest absolute Gasteiger partial charge is 0.384 e. The van der Waals surface area contributed by atoms with Crippen LogP contribution in [0.25, 0.3) is 11.4 Å². The van der Waals surface area contributed by atoms with E-state index in [4.69, 9.17) is 25.2 Å². The van der Waals surface area contributed by atoms with Crippen LogP contribution in [-0.2, 0) is 15.9 Å². The van der Waals surface area contributed by atoms with E-state index in [9.17, 15) is 0 Å². The first-order valence-corrected chi connectivity index (χ1v) is 9.51. The fraction of sp³-hybridized carbons (Fsp3) is 0.526. The fourth-order valence-corrected chi connectivity index (χ4v) is 4.19. The highest BCUT2D eigenvalue weighted by atomic mass is 16.5. The summed E-state index contributed by atoms with van der Waals surface area (Å²) in [4.78, 5) is 18.9. The molecule has 3 aliphatic heterocycles. The molecule has 2 saturated heterocycles. The second-order valence-electron chi connectivity index (χ2n) is 7.32. The van der Waals surface area contributed by atoms with E-state index in [1.165, 1.54) is 5.56 Å². The van der Waals surface area contributed by atoms with Gasteiger partial charge in [-0.2, -0.15) is 0 Å². The van der Waals surface area contributed by atoms with E-state index in [-0.39, 0.29) is 0 Å². The minimum absolute atomic E-state index is 0.351. The van der Waals surface area contributed by atoms with E-state index < -0.39 is 0 Å². The summed E-state index contributed by atoms with van der Waals surface area (Å²) in [5.74, 6) is 3.31. The number of ether oxygens (including phenoxy) is 2. The van der Waals surface area contributed by atoms with Crippen LogP contribution < -0.4 is 15.5 Å². The molecule has 0 radical (unpaired) electrons. The quantitative estimate of drug-likeness (QED) is 0.841. The van der Waals surface area contributed by atoms with Gasteiger partial charge in [-0.1, -0.05) is 0 Å². The van der Waals surface area contributed by atoms with Crippen LogP contribution >= 0.6 is 0 Å². The van der Waals surface area contributed by atoms with Gasteiger partial charge in [0.15, 0.2) is 5.82 Å². The first kappa shape index (κ1) is 16.7. The molecule has 2 aromatic rings. The fourth-order valence-electron chi connectivity index (χ4n) is 4.19. The summed E-state index contributed by atoms with van der Waals surface area (Å²) in [5.41, 5.74) is 9.03. The predicted octanol–water partition coefficient (Wildman–Crippen LogP) is 1.03. The Kier molecular flexibility index (Phi) is 4.09. The van der Waals surface area contributed by atoms with Crippen LogP contribution in [0.3, 0.4) is 0 Å². The molecule has 0 amide bonds. The van der Waals surface area contributed by atoms with Crippen molar-refractivity contribution < 1.29 is 9.47 Å². The highest BCUT2D eigenvalue weighted by molar-refractivity contribution is 5.71. The lowest BCUT2D eigenvalue weighted by molar-refractivity contribution is 0.0973. The van der Waals surface area contributed by atoms with Crippen molar-refractivity contribution in [2.75, 3.05) is 61.6 Å². The number of hydrogen-bond acceptors (Lipinski definition) is 8. The molecule has 5 heterocycles. The van der Waals surface area contributed by atoms with Crippen molar-refractivity contribution in [2.45, 2.75) is 19.4 Å². The summed E-state index contributed by atoms with van der Waals surface area (Å²) < 4.78 is 11.2. The molecule has 0 aromatic carbocycles. The van der Waals surface area contributed by atoms with Gasteiger partial charge in [0, 0.05) is 43.4 Å². The van der Waals surface area contributed by atoms with Gasteiger partial charge in [-0.15, -0.1) is 0 Å². The number of pyridine rings is 1. The Morgan fingerprint density at radius 3 is 2.67 bits per heavy atom. The normalized spacial score (nSPS) is 21.9. The van der Waals surface area contributed by atoms with Crippen molar-refractivity contribution >= 4 is 17.5 Å². The molecule has 1 unspecified atom stereocenters. The number of nitrogens with zero attached hydrogens (tertiary/aromatic N) is 5. The Bertz CT molecular complexity index is 868. The Morgan fingerprint density at radius 1 is 1.07 bits per heavy atom. The van der Waals surface area contributed by atoms with Crippen molar-refractivity contribution in [1.82, 2.24) is 15.0 Å². The van der Waals surface area contributed by atoms with Gasteiger partial charge in [0.1, 0.15) is 17.5 Å². The number of morpholine rings is 2. The maximum atomic E-state index is 5.83. The number of rotatable bonds is 2. The van der Waals surface area contributed by atoms with Crippen LogP contribution in [0, 0.1) is 6.92 Å². The molecule has 1 atom stereocenters. The molecule has 27 heavy (non-hydrogen) atoms. The first-order chi connectivity index (χ1) is 13.2. The standard InChI is InChI=1S/C19H24N6O2/c1-12-8-16(20)21-10-15(12)17-22-18(24-2-5-26-6-3-24)14-9-13-11-27-7-4-25(13)19(14)23-17/h8,10,13H,2-7,9,11H2,1H3,(H2,20,21). The molecule has 0 bridgehead atoms. The third-order valence-electron chi connectivity index (χ3n) is 5.59. The number of aromatic nitrogens is 3. The third kappa shape index (κ3) is 2.89. The average Bonchev–Trinajstić information content (AvgIpc) is 3.07. The van der Waals surface area contributed by atoms with E-state index in [1.54, 1.807) is 6.20 Å². The van der Waals surface area contributed by atoms with Crippen LogP contribution in [0.1, 0.15) is 11.1 Å². The monoisotopic (exact) mass is 368 g/mol. The van der Waals surface area contributed by atoms with Gasteiger partial charge in [-0.05, 0) is 18.6 Å². The maximum absolute atomic E-state index is 5.83. The van der Waals surface area contributed by atoms with Crippen molar-refractivity contribution in [2.24, 2.45) is 0 Å². The Morgan fingerprint density at radius 2 is 1.85 bits per heavy atom. The molecule has 0 spiro atoms. The number of hydrogen-bond donors (Lipinski definition) is 1. The molecule has 5 rings (SSSR count). The smallest absolute Gasteiger partial charge is 0.165 e. The minimum atomic E-state index is 0.351. The lowest BCUT2D eigenvalue weighted by Gasteiger charge is -2.31. The van der Waals surface area contributed by atoms with Crippen LogP contribution in [0.15, 0.2) is 12.3 Å². The molecular weight excluding hydrogens is 344 g/mol. The van der Waals surface area contributed by atoms with Gasteiger partial charge in [0.25, 0.3) is 0 Å². The highest BCUT2D eigenvalue weighted by Crippen LogP contribution is 2.39. The second-order valence-corrected chi connectivity index (χ2v) is 7.32. The Hall–Kier alpha value is -2.45. The summed E-state index contributed by atoms with van der Waals surface area (Å²) in [6.07, 6.45) is 2.71. The van der Waals surface area contributed by atoms with Crippen LogP contribution in [0.5, 0.6) is 0 Å². The number of anilines is 3. The molecule has 0 aliphatic carbocycles. The average molecular weight is 368 g/mol. The zero-order valence-electron chi connectivity index (χ0n) is 15.5. The van der Waals surface area contributed by atoms with Crippen molar-refractivity contribution in [3.63, 3.8) is 0 Å². The molecular formula is C19H24N6O2. The summed E-state index contributed by atoms with van der Waals surface area (Å²) in [6.45, 7) is 7.54. The Labute approximate surface area is 158 Å². The molecule has 8 nitrogen and oxygen atoms in total. The van der Waals surface area contributed by atoms with E-state index in [0.29, 0.717) is 17.7 Å². The summed E-state index contributed by atoms with van der Waals surface area (Å²) in [7, 11) is 0. The number of nitrogens with two attached hydrogens (primary N) is 1. The molecule has 2 aromatic heterocycles. The van der Waals surface area contributed by atoms with Gasteiger partial charge >= 0.3 is 0 Å². The van der Waals surface area contributed by atoms with Gasteiger partial charge in [0.05, 0.1) is 32.5 Å². The SMILES string of the molecule is Cc1cc(N)ncc1-c1nc(N2CCOCC2)c2c(n1)N1CCOCC1C2. The lowest BCUT2D eigenvalue weighted by Crippen LogP contribution is -2.43. The summed E-state index contributed by atoms with van der Waals surface area (Å²) >= 11 is 0. The van der Waals surface area contributed by atoms with E-state index in [0.717, 1.165) is 75.2 Å². The van der Waals surface area contributed by atoms with Gasteiger partial charge < -0.3 is 25.0 Å². The molecule has 0 saturated carbocycles. The van der Waals surface area contributed by atoms with Crippen LogP contribution in [0.4, 0.5) is 17.5 Å². The van der Waals surface area contributed by atoms with Crippen molar-refractivity contribution in [1.29, 1.82) is 0 Å². The first-order valence-electron chi connectivity index (χ1n) is 9.51. The summed E-state index contributed by atoms with van der Waals surface area (Å²) in [5, 5.41) is 0. The Balaban J connectivity index is 1.64. The number of fused-ring (bicyclic) bond motifs is 3. The zero-order valence-corrected chi connectivity index (χ0v) is 15.5. The van der Waals surface area contributed by atoms with Gasteiger partial charge in [0.2, 0.25) is 0 Å². The minimum Gasteiger partial charge on any atom is -0.384 e. The van der Waals surface area contributed by atoms with Crippen molar-refractivity contribution in [3.8, 4) is 11.4 Å². The van der Waals surface area contributed by atoms with E-state index in [1.807, 2.05) is 13.0 Å². The molecule has 2 fully saturated rings. The van der Waals surface area contributed by atoms with E-state index in [2.05, 4.69) is 14.8 Å². The topological polar surface area (TPSA) is 89.6 Å². The van der Waals surface area contributed by atoms with E-state index >= 15 is 0 Å². The number of nitrogen functional groups attached to an aromatic ring is 1. The molecule has 2 N–H and O–H groups in total. The lowest BCUT2D eigenvalue weighted by atomic mass is 10.1. The van der Waals surface area contributed by atoms with Gasteiger partial charge in [-0.3, -0.25) is 0 Å². The second kappa shape index (κ2) is 6.61. The summed E-state index contributed by atoms with van der Waals surface area (Å²) in [6, 6.07) is 2.22. The van der Waals surface area contributed by atoms with Crippen molar-refractivity contribution in [3.05, 3.63) is 23.4 Å². The van der Waals surface area contributed by atoms with Crippen LogP contribution in [-0.4, -0.2) is 67.1 Å². The van der Waals surface area contributed by atoms with Crippen LogP contribution in [0.2, 0.25) is 0 Å². The number of aryl methyl sites for hydroxylation is 1. The highest BCUT2D eigenvalue weighted by Gasteiger charge is 2.37. The molecule has 3 aliphatic rings.